The highest BCUT2D eigenvalue weighted by Gasteiger charge is 2.33. The Morgan fingerprint density at radius 1 is 1.40 bits per heavy atom. The molecule has 11 heteroatoms. The van der Waals surface area contributed by atoms with Crippen LogP contribution in [0.4, 0.5) is 24.7 Å². The standard InChI is InChI=1S/C9H7F3N6O2/c10-9(11,12)6-1-2-17(16-6)8-4-5(18(19)20)3-7(14-8)15-13/h1-4H,13H2,(H,14,15). The molecule has 2 aromatic rings. The van der Waals surface area contributed by atoms with Crippen LogP contribution in [0.3, 0.4) is 0 Å². The van der Waals surface area contributed by atoms with E-state index in [1.54, 1.807) is 0 Å². The van der Waals surface area contributed by atoms with Crippen LogP contribution < -0.4 is 11.3 Å². The van der Waals surface area contributed by atoms with Crippen LogP contribution in [0.5, 0.6) is 0 Å². The highest BCUT2D eigenvalue weighted by molar-refractivity contribution is 5.49. The number of pyridine rings is 1. The van der Waals surface area contributed by atoms with Gasteiger partial charge in [0.15, 0.2) is 11.5 Å². The van der Waals surface area contributed by atoms with Crippen molar-refractivity contribution >= 4 is 11.5 Å². The first-order valence-electron chi connectivity index (χ1n) is 5.07. The molecule has 3 N–H and O–H groups in total. The number of halogens is 3. The highest BCUT2D eigenvalue weighted by atomic mass is 19.4. The maximum atomic E-state index is 12.4. The molecule has 106 valence electrons. The summed E-state index contributed by atoms with van der Waals surface area (Å²) in [6, 6.07) is 2.75. The van der Waals surface area contributed by atoms with Gasteiger partial charge >= 0.3 is 6.18 Å². The van der Waals surface area contributed by atoms with Gasteiger partial charge < -0.3 is 5.43 Å². The van der Waals surface area contributed by atoms with Crippen LogP contribution in [0.15, 0.2) is 24.4 Å². The Morgan fingerprint density at radius 2 is 2.10 bits per heavy atom. The number of nitrogens with one attached hydrogen (secondary N) is 1. The number of rotatable bonds is 3. The van der Waals surface area contributed by atoms with Crippen molar-refractivity contribution in [3.05, 3.63) is 40.2 Å². The van der Waals surface area contributed by atoms with Crippen molar-refractivity contribution in [2.45, 2.75) is 6.18 Å². The van der Waals surface area contributed by atoms with E-state index in [0.717, 1.165) is 29.1 Å². The summed E-state index contributed by atoms with van der Waals surface area (Å²) in [5.41, 5.74) is 0.577. The molecular weight excluding hydrogens is 281 g/mol. The second-order valence-electron chi connectivity index (χ2n) is 3.61. The zero-order chi connectivity index (χ0) is 14.9. The number of nitrogens with two attached hydrogens (primary N) is 1. The molecule has 0 amide bonds. The van der Waals surface area contributed by atoms with Gasteiger partial charge in [0.2, 0.25) is 0 Å². The fourth-order valence-electron chi connectivity index (χ4n) is 1.40. The molecular formula is C9H7F3N6O2. The third-order valence-corrected chi connectivity index (χ3v) is 2.27. The lowest BCUT2D eigenvalue weighted by atomic mass is 10.4. The van der Waals surface area contributed by atoms with E-state index in [4.69, 9.17) is 5.84 Å². The molecule has 2 heterocycles. The summed E-state index contributed by atoms with van der Waals surface area (Å²) in [5.74, 6) is 4.86. The minimum absolute atomic E-state index is 0.0711. The molecule has 0 saturated heterocycles. The minimum Gasteiger partial charge on any atom is -0.308 e. The van der Waals surface area contributed by atoms with Gasteiger partial charge in [-0.05, 0) is 6.07 Å². The van der Waals surface area contributed by atoms with Gasteiger partial charge in [-0.2, -0.15) is 18.3 Å². The van der Waals surface area contributed by atoms with Crippen LogP contribution in [0.1, 0.15) is 5.69 Å². The number of alkyl halides is 3. The smallest absolute Gasteiger partial charge is 0.308 e. The number of nitro groups is 1. The van der Waals surface area contributed by atoms with E-state index in [1.807, 2.05) is 0 Å². The lowest BCUT2D eigenvalue weighted by molar-refractivity contribution is -0.384. The molecule has 0 aliphatic carbocycles. The molecule has 0 bridgehead atoms. The quantitative estimate of drug-likeness (QED) is 0.502. The number of hydrazine groups is 1. The van der Waals surface area contributed by atoms with Crippen LogP contribution in [0, 0.1) is 10.1 Å². The van der Waals surface area contributed by atoms with E-state index in [-0.39, 0.29) is 17.3 Å². The maximum absolute atomic E-state index is 12.4. The zero-order valence-electron chi connectivity index (χ0n) is 9.63. The van der Waals surface area contributed by atoms with Crippen molar-refractivity contribution < 1.29 is 18.1 Å². The van der Waals surface area contributed by atoms with Crippen LogP contribution in [0.25, 0.3) is 5.82 Å². The van der Waals surface area contributed by atoms with Gasteiger partial charge in [0.05, 0.1) is 17.1 Å². The SMILES string of the molecule is NNc1cc([N+](=O)[O-])cc(-n2ccc(C(F)(F)F)n2)n1. The van der Waals surface area contributed by atoms with Crippen molar-refractivity contribution in [1.29, 1.82) is 0 Å². The summed E-state index contributed by atoms with van der Waals surface area (Å²) in [7, 11) is 0. The Morgan fingerprint density at radius 3 is 2.60 bits per heavy atom. The lowest BCUT2D eigenvalue weighted by Gasteiger charge is -2.05. The third kappa shape index (κ3) is 2.66. The number of hydrogen-bond donors (Lipinski definition) is 2. The Kier molecular flexibility index (Phi) is 3.28. The Hall–Kier alpha value is -2.69. The zero-order valence-corrected chi connectivity index (χ0v) is 9.63. The fourth-order valence-corrected chi connectivity index (χ4v) is 1.40. The Balaban J connectivity index is 2.49. The average molecular weight is 288 g/mol. The molecule has 20 heavy (non-hydrogen) atoms. The predicted octanol–water partition coefficient (Wildman–Crippen LogP) is 1.48. The molecule has 2 aromatic heterocycles. The van der Waals surface area contributed by atoms with Crippen molar-refractivity contribution in [3.63, 3.8) is 0 Å². The van der Waals surface area contributed by atoms with Crippen molar-refractivity contribution in [2.75, 3.05) is 5.43 Å². The number of hydrogen-bond acceptors (Lipinski definition) is 6. The van der Waals surface area contributed by atoms with E-state index in [2.05, 4.69) is 15.5 Å². The van der Waals surface area contributed by atoms with E-state index in [1.165, 1.54) is 0 Å². The Bertz CT molecular complexity index is 653. The van der Waals surface area contributed by atoms with Crippen LogP contribution in [-0.4, -0.2) is 19.7 Å². The van der Waals surface area contributed by atoms with E-state index < -0.39 is 16.8 Å². The summed E-state index contributed by atoms with van der Waals surface area (Å²) < 4.78 is 38.1. The average Bonchev–Trinajstić information content (AvgIpc) is 2.87. The normalized spacial score (nSPS) is 11.4. The van der Waals surface area contributed by atoms with Gasteiger partial charge in [-0.25, -0.2) is 15.5 Å². The summed E-state index contributed by atoms with van der Waals surface area (Å²) in [4.78, 5) is 13.8. The van der Waals surface area contributed by atoms with Crippen LogP contribution in [-0.2, 0) is 6.18 Å². The monoisotopic (exact) mass is 288 g/mol. The molecule has 0 aliphatic rings. The Labute approximate surface area is 109 Å². The molecule has 0 atom stereocenters. The van der Waals surface area contributed by atoms with Gasteiger partial charge in [-0.15, -0.1) is 0 Å². The number of nitrogen functional groups attached to an aromatic ring is 1. The molecule has 0 unspecified atom stereocenters. The molecule has 0 saturated carbocycles. The first-order chi connectivity index (χ1) is 9.31. The molecule has 0 spiro atoms. The number of nitrogens with zero attached hydrogens (tertiary/aromatic N) is 4. The summed E-state index contributed by atoms with van der Waals surface area (Å²) in [6.07, 6.45) is -3.61. The van der Waals surface area contributed by atoms with E-state index >= 15 is 0 Å². The predicted molar refractivity (Wildman–Crippen MR) is 60.8 cm³/mol. The molecule has 0 radical (unpaired) electrons. The molecule has 8 nitrogen and oxygen atoms in total. The second-order valence-corrected chi connectivity index (χ2v) is 3.61. The minimum atomic E-state index is -4.61. The molecule has 0 aliphatic heterocycles. The van der Waals surface area contributed by atoms with E-state index in [0.29, 0.717) is 0 Å². The van der Waals surface area contributed by atoms with Gasteiger partial charge in [0, 0.05) is 6.20 Å². The molecule has 2 rings (SSSR count). The van der Waals surface area contributed by atoms with Gasteiger partial charge in [0.1, 0.15) is 5.82 Å². The first-order valence-corrected chi connectivity index (χ1v) is 5.07. The lowest BCUT2D eigenvalue weighted by Crippen LogP contribution is -2.12. The van der Waals surface area contributed by atoms with E-state index in [9.17, 15) is 23.3 Å². The van der Waals surface area contributed by atoms with Gasteiger partial charge in [0.25, 0.3) is 5.69 Å². The van der Waals surface area contributed by atoms with Crippen LogP contribution in [0.2, 0.25) is 0 Å². The van der Waals surface area contributed by atoms with Gasteiger partial charge in [-0.3, -0.25) is 10.1 Å². The number of aromatic nitrogens is 3. The van der Waals surface area contributed by atoms with Crippen molar-refractivity contribution in [3.8, 4) is 5.82 Å². The van der Waals surface area contributed by atoms with Crippen molar-refractivity contribution in [2.24, 2.45) is 5.84 Å². The summed E-state index contributed by atoms with van der Waals surface area (Å²) in [5, 5.41) is 14.0. The summed E-state index contributed by atoms with van der Waals surface area (Å²) in [6.45, 7) is 0. The van der Waals surface area contributed by atoms with Gasteiger partial charge in [-0.1, -0.05) is 0 Å². The first kappa shape index (κ1) is 13.7. The maximum Gasteiger partial charge on any atom is 0.435 e. The topological polar surface area (TPSA) is 112 Å². The molecule has 0 fully saturated rings. The fraction of sp³-hybridized carbons (Fsp3) is 0.111. The molecule has 0 aromatic carbocycles. The van der Waals surface area contributed by atoms with Crippen molar-refractivity contribution in [1.82, 2.24) is 14.8 Å². The largest absolute Gasteiger partial charge is 0.435 e. The summed E-state index contributed by atoms with van der Waals surface area (Å²) >= 11 is 0. The third-order valence-electron chi connectivity index (χ3n) is 2.27. The second kappa shape index (κ2) is 4.77. The highest BCUT2D eigenvalue weighted by Crippen LogP contribution is 2.28. The number of anilines is 1. The van der Waals surface area contributed by atoms with Crippen LogP contribution >= 0.6 is 0 Å².